The van der Waals surface area contributed by atoms with Gasteiger partial charge in [-0.3, -0.25) is 4.98 Å². The lowest BCUT2D eigenvalue weighted by molar-refractivity contribution is 0.408. The van der Waals surface area contributed by atoms with Gasteiger partial charge in [0.1, 0.15) is 5.75 Å². The normalized spacial score (nSPS) is 18.9. The third-order valence-electron chi connectivity index (χ3n) is 4.49. The van der Waals surface area contributed by atoms with Crippen molar-refractivity contribution in [3.8, 4) is 5.75 Å². The van der Waals surface area contributed by atoms with Crippen LogP contribution in [-0.2, 0) is 6.42 Å². The minimum Gasteiger partial charge on any atom is -0.496 e. The van der Waals surface area contributed by atoms with E-state index in [-0.39, 0.29) is 6.04 Å². The van der Waals surface area contributed by atoms with Gasteiger partial charge >= 0.3 is 0 Å². The van der Waals surface area contributed by atoms with Crippen molar-refractivity contribution in [2.24, 2.45) is 5.73 Å². The van der Waals surface area contributed by atoms with Crippen LogP contribution in [-0.4, -0.2) is 12.1 Å². The van der Waals surface area contributed by atoms with Crippen LogP contribution in [0.4, 0.5) is 0 Å². The van der Waals surface area contributed by atoms with E-state index in [4.69, 9.17) is 10.5 Å². The highest BCUT2D eigenvalue weighted by molar-refractivity contribution is 5.39. The van der Waals surface area contributed by atoms with Crippen molar-refractivity contribution in [3.05, 3.63) is 58.9 Å². The summed E-state index contributed by atoms with van der Waals surface area (Å²) in [5.41, 5.74) is 11.4. The molecular formula is C18H22N2O. The van der Waals surface area contributed by atoms with Crippen molar-refractivity contribution < 1.29 is 4.74 Å². The number of hydrogen-bond donors (Lipinski definition) is 1. The fourth-order valence-corrected chi connectivity index (χ4v) is 3.27. The Morgan fingerprint density at radius 3 is 3.00 bits per heavy atom. The minimum absolute atomic E-state index is 0.0338. The minimum atomic E-state index is -0.0338. The number of pyridine rings is 1. The SMILES string of the molecule is COc1cc(C(N)C2CCCc3cccnc32)ccc1C. The zero-order chi connectivity index (χ0) is 14.8. The van der Waals surface area contributed by atoms with Gasteiger partial charge in [-0.2, -0.15) is 0 Å². The molecule has 2 N–H and O–H groups in total. The van der Waals surface area contributed by atoms with Gasteiger partial charge in [0.05, 0.1) is 7.11 Å². The molecular weight excluding hydrogens is 260 g/mol. The smallest absolute Gasteiger partial charge is 0.122 e. The summed E-state index contributed by atoms with van der Waals surface area (Å²) in [4.78, 5) is 4.60. The fraction of sp³-hybridized carbons (Fsp3) is 0.389. The molecule has 1 aromatic heterocycles. The zero-order valence-electron chi connectivity index (χ0n) is 12.7. The Hall–Kier alpha value is -1.87. The zero-order valence-corrected chi connectivity index (χ0v) is 12.7. The molecule has 0 aliphatic heterocycles. The lowest BCUT2D eigenvalue weighted by atomic mass is 9.80. The van der Waals surface area contributed by atoms with Crippen molar-refractivity contribution in [1.82, 2.24) is 4.98 Å². The number of nitrogens with two attached hydrogens (primary N) is 1. The molecule has 2 aromatic rings. The number of aryl methyl sites for hydroxylation is 2. The summed E-state index contributed by atoms with van der Waals surface area (Å²) in [6.45, 7) is 2.05. The van der Waals surface area contributed by atoms with Crippen LogP contribution in [0.1, 0.15) is 47.2 Å². The van der Waals surface area contributed by atoms with Crippen molar-refractivity contribution in [2.45, 2.75) is 38.1 Å². The van der Waals surface area contributed by atoms with Crippen LogP contribution < -0.4 is 10.5 Å². The molecule has 2 atom stereocenters. The summed E-state index contributed by atoms with van der Waals surface area (Å²) in [5, 5.41) is 0. The molecule has 1 aliphatic carbocycles. The first-order valence-corrected chi connectivity index (χ1v) is 7.54. The highest BCUT2D eigenvalue weighted by Crippen LogP contribution is 2.38. The molecule has 21 heavy (non-hydrogen) atoms. The molecule has 110 valence electrons. The molecule has 3 rings (SSSR count). The lowest BCUT2D eigenvalue weighted by Gasteiger charge is -2.29. The highest BCUT2D eigenvalue weighted by Gasteiger charge is 2.28. The summed E-state index contributed by atoms with van der Waals surface area (Å²) >= 11 is 0. The van der Waals surface area contributed by atoms with Gasteiger partial charge in [0.15, 0.2) is 0 Å². The van der Waals surface area contributed by atoms with E-state index >= 15 is 0 Å². The van der Waals surface area contributed by atoms with Gasteiger partial charge in [-0.25, -0.2) is 0 Å². The summed E-state index contributed by atoms with van der Waals surface area (Å²) < 4.78 is 5.42. The Morgan fingerprint density at radius 2 is 2.19 bits per heavy atom. The van der Waals surface area contributed by atoms with Gasteiger partial charge in [-0.15, -0.1) is 0 Å². The Labute approximate surface area is 126 Å². The second kappa shape index (κ2) is 5.86. The molecule has 0 saturated carbocycles. The first kappa shape index (κ1) is 14.1. The van der Waals surface area contributed by atoms with E-state index in [0.29, 0.717) is 5.92 Å². The summed E-state index contributed by atoms with van der Waals surface area (Å²) in [7, 11) is 1.70. The Bertz CT molecular complexity index is 639. The number of nitrogens with zero attached hydrogens (tertiary/aromatic N) is 1. The van der Waals surface area contributed by atoms with Crippen molar-refractivity contribution in [2.75, 3.05) is 7.11 Å². The van der Waals surface area contributed by atoms with E-state index < -0.39 is 0 Å². The third-order valence-corrected chi connectivity index (χ3v) is 4.49. The predicted molar refractivity (Wildman–Crippen MR) is 84.6 cm³/mol. The number of methoxy groups -OCH3 is 1. The van der Waals surface area contributed by atoms with Gasteiger partial charge in [-0.05, 0) is 55.0 Å². The predicted octanol–water partition coefficient (Wildman–Crippen LogP) is 3.52. The molecule has 3 heteroatoms. The van der Waals surface area contributed by atoms with Crippen LogP contribution in [0.15, 0.2) is 36.5 Å². The molecule has 0 bridgehead atoms. The topological polar surface area (TPSA) is 48.1 Å². The molecule has 0 saturated heterocycles. The summed E-state index contributed by atoms with van der Waals surface area (Å²) in [5.74, 6) is 1.20. The standard InChI is InChI=1S/C18H22N2O/c1-12-8-9-14(11-16(12)21-2)17(19)15-7-3-5-13-6-4-10-20-18(13)15/h4,6,8-11,15,17H,3,5,7,19H2,1-2H3. The van der Waals surface area contributed by atoms with Crippen molar-refractivity contribution in [1.29, 1.82) is 0 Å². The second-order valence-corrected chi connectivity index (χ2v) is 5.80. The van der Waals surface area contributed by atoms with E-state index in [1.54, 1.807) is 7.11 Å². The number of hydrogen-bond acceptors (Lipinski definition) is 3. The summed E-state index contributed by atoms with van der Waals surface area (Å²) in [6, 6.07) is 10.4. The van der Waals surface area contributed by atoms with Gasteiger partial charge < -0.3 is 10.5 Å². The largest absolute Gasteiger partial charge is 0.496 e. The van der Waals surface area contributed by atoms with Crippen LogP contribution in [0, 0.1) is 6.92 Å². The van der Waals surface area contributed by atoms with E-state index in [1.807, 2.05) is 19.2 Å². The number of rotatable bonds is 3. The van der Waals surface area contributed by atoms with E-state index in [9.17, 15) is 0 Å². The third kappa shape index (κ3) is 2.66. The molecule has 0 radical (unpaired) electrons. The Balaban J connectivity index is 1.94. The van der Waals surface area contributed by atoms with Crippen LogP contribution in [0.5, 0.6) is 5.75 Å². The van der Waals surface area contributed by atoms with Crippen LogP contribution in [0.25, 0.3) is 0 Å². The summed E-state index contributed by atoms with van der Waals surface area (Å²) in [6.07, 6.45) is 5.27. The average molecular weight is 282 g/mol. The number of ether oxygens (including phenoxy) is 1. The quantitative estimate of drug-likeness (QED) is 0.937. The maximum absolute atomic E-state index is 6.56. The molecule has 3 nitrogen and oxygen atoms in total. The first-order chi connectivity index (χ1) is 10.2. The Kier molecular flexibility index (Phi) is 3.93. The maximum atomic E-state index is 6.56. The Morgan fingerprint density at radius 1 is 1.33 bits per heavy atom. The maximum Gasteiger partial charge on any atom is 0.122 e. The highest BCUT2D eigenvalue weighted by atomic mass is 16.5. The molecule has 2 unspecified atom stereocenters. The first-order valence-electron chi connectivity index (χ1n) is 7.54. The molecule has 1 heterocycles. The molecule has 0 spiro atoms. The second-order valence-electron chi connectivity index (χ2n) is 5.80. The van der Waals surface area contributed by atoms with E-state index in [1.165, 1.54) is 17.7 Å². The lowest BCUT2D eigenvalue weighted by Crippen LogP contribution is -2.24. The molecule has 1 aromatic carbocycles. The molecule has 1 aliphatic rings. The van der Waals surface area contributed by atoms with Crippen molar-refractivity contribution >= 4 is 0 Å². The average Bonchev–Trinajstić information content (AvgIpc) is 2.54. The van der Waals surface area contributed by atoms with Crippen molar-refractivity contribution in [3.63, 3.8) is 0 Å². The molecule has 0 fully saturated rings. The number of benzene rings is 1. The number of aromatic nitrogens is 1. The van der Waals surface area contributed by atoms with Gasteiger partial charge in [0.2, 0.25) is 0 Å². The van der Waals surface area contributed by atoms with Gasteiger partial charge in [0.25, 0.3) is 0 Å². The van der Waals surface area contributed by atoms with Crippen LogP contribution in [0.3, 0.4) is 0 Å². The van der Waals surface area contributed by atoms with Crippen LogP contribution in [0.2, 0.25) is 0 Å². The monoisotopic (exact) mass is 282 g/mol. The molecule has 0 amide bonds. The van der Waals surface area contributed by atoms with Gasteiger partial charge in [0, 0.05) is 23.9 Å². The van der Waals surface area contributed by atoms with Crippen LogP contribution >= 0.6 is 0 Å². The van der Waals surface area contributed by atoms with E-state index in [2.05, 4.69) is 29.2 Å². The van der Waals surface area contributed by atoms with Gasteiger partial charge in [-0.1, -0.05) is 18.2 Å². The van der Waals surface area contributed by atoms with E-state index in [0.717, 1.165) is 29.7 Å². The number of fused-ring (bicyclic) bond motifs is 1. The fourth-order valence-electron chi connectivity index (χ4n) is 3.27.